The second-order valence-electron chi connectivity index (χ2n) is 4.68. The Morgan fingerprint density at radius 2 is 1.53 bits per heavy atom. The molecular weight excluding hydrogens is 232 g/mol. The Balaban J connectivity index is 1.99. The number of nitrogens with zero attached hydrogens (tertiary/aromatic N) is 1. The Kier molecular flexibility index (Phi) is 2.15. The molecule has 0 unspecified atom stereocenters. The topological polar surface area (TPSA) is 28.7 Å². The van der Waals surface area contributed by atoms with Crippen LogP contribution in [0.15, 0.2) is 66.7 Å². The lowest BCUT2D eigenvalue weighted by atomic mass is 10.0. The molecule has 4 aromatic rings. The number of rotatable bonds is 1. The molecule has 0 aliphatic heterocycles. The van der Waals surface area contributed by atoms with Crippen molar-refractivity contribution >= 4 is 21.7 Å². The Bertz CT molecular complexity index is 874. The lowest BCUT2D eigenvalue weighted by molar-refractivity contribution is 1.12. The molecule has 0 fully saturated rings. The zero-order valence-corrected chi connectivity index (χ0v) is 10.3. The molecule has 2 nitrogen and oxygen atoms in total. The zero-order chi connectivity index (χ0) is 12.7. The summed E-state index contributed by atoms with van der Waals surface area (Å²) in [5.41, 5.74) is 3.24. The van der Waals surface area contributed by atoms with Crippen LogP contribution in [-0.2, 0) is 0 Å². The molecule has 2 heteroatoms. The molecular formula is C17H12N2. The fourth-order valence-corrected chi connectivity index (χ4v) is 2.52. The van der Waals surface area contributed by atoms with Gasteiger partial charge in [0.1, 0.15) is 0 Å². The average Bonchev–Trinajstić information content (AvgIpc) is 2.91. The molecule has 0 radical (unpaired) electrons. The van der Waals surface area contributed by atoms with E-state index in [9.17, 15) is 0 Å². The normalized spacial score (nSPS) is 11.2. The molecule has 0 saturated carbocycles. The van der Waals surface area contributed by atoms with E-state index in [1.54, 1.807) is 0 Å². The van der Waals surface area contributed by atoms with E-state index < -0.39 is 0 Å². The highest BCUT2D eigenvalue weighted by atomic mass is 15.1. The van der Waals surface area contributed by atoms with E-state index in [2.05, 4.69) is 58.7 Å². The van der Waals surface area contributed by atoms with Crippen LogP contribution in [0, 0.1) is 0 Å². The lowest BCUT2D eigenvalue weighted by Gasteiger charge is -2.01. The van der Waals surface area contributed by atoms with E-state index in [0.717, 1.165) is 22.2 Å². The first-order valence-corrected chi connectivity index (χ1v) is 6.34. The van der Waals surface area contributed by atoms with E-state index in [0.29, 0.717) is 0 Å². The Morgan fingerprint density at radius 1 is 0.737 bits per heavy atom. The molecule has 1 aromatic heterocycles. The zero-order valence-electron chi connectivity index (χ0n) is 10.3. The van der Waals surface area contributed by atoms with Gasteiger partial charge in [-0.3, -0.25) is 5.10 Å². The first-order chi connectivity index (χ1) is 9.42. The van der Waals surface area contributed by atoms with Crippen LogP contribution in [0.25, 0.3) is 32.9 Å². The molecule has 0 spiro atoms. The predicted molar refractivity (Wildman–Crippen MR) is 79.0 cm³/mol. The van der Waals surface area contributed by atoms with Gasteiger partial charge >= 0.3 is 0 Å². The standard InChI is InChI=1S/C17H12N2/c1-2-6-13-11-14(10-9-12(13)5-1)17-15-7-3-4-8-16(15)18-19-17/h1-11H,(H,18,19). The van der Waals surface area contributed by atoms with Crippen molar-refractivity contribution in [2.24, 2.45) is 0 Å². The molecule has 0 aliphatic carbocycles. The summed E-state index contributed by atoms with van der Waals surface area (Å²) in [6.07, 6.45) is 0. The second-order valence-corrected chi connectivity index (χ2v) is 4.68. The van der Waals surface area contributed by atoms with E-state index in [4.69, 9.17) is 0 Å². The van der Waals surface area contributed by atoms with Crippen LogP contribution in [0.3, 0.4) is 0 Å². The first kappa shape index (κ1) is 10.3. The second kappa shape index (κ2) is 3.95. The minimum atomic E-state index is 1.02. The molecule has 1 heterocycles. The summed E-state index contributed by atoms with van der Waals surface area (Å²) in [6, 6.07) is 23.1. The summed E-state index contributed by atoms with van der Waals surface area (Å²) in [4.78, 5) is 0. The van der Waals surface area contributed by atoms with Crippen molar-refractivity contribution in [2.45, 2.75) is 0 Å². The van der Waals surface area contributed by atoms with Gasteiger partial charge < -0.3 is 0 Å². The third-order valence-electron chi connectivity index (χ3n) is 3.49. The SMILES string of the molecule is c1ccc2cc(-c3n[nH]c4ccccc34)ccc2c1. The monoisotopic (exact) mass is 244 g/mol. The summed E-state index contributed by atoms with van der Waals surface area (Å²) in [5.74, 6) is 0. The van der Waals surface area contributed by atoms with Crippen molar-refractivity contribution in [1.82, 2.24) is 10.2 Å². The lowest BCUT2D eigenvalue weighted by Crippen LogP contribution is -1.80. The number of fused-ring (bicyclic) bond motifs is 2. The van der Waals surface area contributed by atoms with Crippen molar-refractivity contribution in [3.63, 3.8) is 0 Å². The highest BCUT2D eigenvalue weighted by molar-refractivity contribution is 5.95. The molecule has 19 heavy (non-hydrogen) atoms. The predicted octanol–water partition coefficient (Wildman–Crippen LogP) is 4.38. The Morgan fingerprint density at radius 3 is 2.47 bits per heavy atom. The van der Waals surface area contributed by atoms with Gasteiger partial charge in [-0.25, -0.2) is 0 Å². The van der Waals surface area contributed by atoms with Crippen LogP contribution in [0.5, 0.6) is 0 Å². The summed E-state index contributed by atoms with van der Waals surface area (Å²) >= 11 is 0. The van der Waals surface area contributed by atoms with Gasteiger partial charge in [-0.15, -0.1) is 0 Å². The van der Waals surface area contributed by atoms with Crippen LogP contribution in [0.2, 0.25) is 0 Å². The summed E-state index contributed by atoms with van der Waals surface area (Å²) < 4.78 is 0. The number of H-pyrrole nitrogens is 1. The first-order valence-electron chi connectivity index (χ1n) is 6.34. The Hall–Kier alpha value is -2.61. The van der Waals surface area contributed by atoms with Gasteiger partial charge in [0.15, 0.2) is 0 Å². The third kappa shape index (κ3) is 1.61. The van der Waals surface area contributed by atoms with Gasteiger partial charge in [-0.2, -0.15) is 5.10 Å². The number of hydrogen-bond acceptors (Lipinski definition) is 1. The van der Waals surface area contributed by atoms with Crippen molar-refractivity contribution in [3.05, 3.63) is 66.7 Å². The minimum Gasteiger partial charge on any atom is -0.277 e. The quantitative estimate of drug-likeness (QED) is 0.528. The third-order valence-corrected chi connectivity index (χ3v) is 3.49. The number of aromatic nitrogens is 2. The maximum absolute atomic E-state index is 4.45. The van der Waals surface area contributed by atoms with Crippen LogP contribution in [0.1, 0.15) is 0 Å². The molecule has 3 aromatic carbocycles. The number of hydrogen-bond donors (Lipinski definition) is 1. The van der Waals surface area contributed by atoms with Crippen LogP contribution < -0.4 is 0 Å². The summed E-state index contributed by atoms with van der Waals surface area (Å²) in [6.45, 7) is 0. The maximum atomic E-state index is 4.45. The molecule has 1 N–H and O–H groups in total. The minimum absolute atomic E-state index is 1.02. The molecule has 4 rings (SSSR count). The fourth-order valence-electron chi connectivity index (χ4n) is 2.52. The average molecular weight is 244 g/mol. The molecule has 0 atom stereocenters. The van der Waals surface area contributed by atoms with E-state index >= 15 is 0 Å². The smallest absolute Gasteiger partial charge is 0.0999 e. The van der Waals surface area contributed by atoms with Crippen molar-refractivity contribution in [2.75, 3.05) is 0 Å². The molecule has 0 bridgehead atoms. The van der Waals surface area contributed by atoms with Gasteiger partial charge in [0.2, 0.25) is 0 Å². The number of nitrogens with one attached hydrogen (secondary N) is 1. The van der Waals surface area contributed by atoms with E-state index in [-0.39, 0.29) is 0 Å². The highest BCUT2D eigenvalue weighted by Crippen LogP contribution is 2.28. The Labute approximate surface area is 110 Å². The molecule has 0 saturated heterocycles. The molecule has 0 amide bonds. The van der Waals surface area contributed by atoms with Crippen molar-refractivity contribution < 1.29 is 0 Å². The van der Waals surface area contributed by atoms with E-state index in [1.807, 2.05) is 18.2 Å². The van der Waals surface area contributed by atoms with Crippen LogP contribution in [0.4, 0.5) is 0 Å². The van der Waals surface area contributed by atoms with Crippen LogP contribution in [-0.4, -0.2) is 10.2 Å². The van der Waals surface area contributed by atoms with Gasteiger partial charge in [-0.05, 0) is 22.9 Å². The fraction of sp³-hybridized carbons (Fsp3) is 0. The summed E-state index contributed by atoms with van der Waals surface area (Å²) in [5, 5.41) is 11.2. The maximum Gasteiger partial charge on any atom is 0.0999 e. The van der Waals surface area contributed by atoms with Crippen molar-refractivity contribution in [3.8, 4) is 11.3 Å². The van der Waals surface area contributed by atoms with Gasteiger partial charge in [0, 0.05) is 10.9 Å². The number of aromatic amines is 1. The number of para-hydroxylation sites is 1. The molecule has 0 aliphatic rings. The molecule has 90 valence electrons. The summed E-state index contributed by atoms with van der Waals surface area (Å²) in [7, 11) is 0. The van der Waals surface area contributed by atoms with Gasteiger partial charge in [0.25, 0.3) is 0 Å². The largest absolute Gasteiger partial charge is 0.277 e. The highest BCUT2D eigenvalue weighted by Gasteiger charge is 2.07. The van der Waals surface area contributed by atoms with Gasteiger partial charge in [-0.1, -0.05) is 54.6 Å². The van der Waals surface area contributed by atoms with Crippen molar-refractivity contribution in [1.29, 1.82) is 0 Å². The number of benzene rings is 3. The van der Waals surface area contributed by atoms with Crippen LogP contribution >= 0.6 is 0 Å². The van der Waals surface area contributed by atoms with E-state index in [1.165, 1.54) is 10.8 Å². The van der Waals surface area contributed by atoms with Gasteiger partial charge in [0.05, 0.1) is 11.2 Å².